The standard InChI is InChI=1S/C40H42N4O4S3/c1-27(2)35-37(46)48-31(23-33(45)41-24-34-42-32(25-49-34)36-44-39(3,26-50-36)38(47)43-35)21-13-14-22-51-40(28-15-7-4-8-16-28,29-17-9-5-10-18-29)30-19-11-6-12-20-30/h4-13,15-21,25,27,31,35H,14,22-24,26H2,1-3H3,(H,41,45)(H,43,47)/b21-13+/t31-,35+,39+/m1/s1. The van der Waals surface area contributed by atoms with Crippen molar-refractivity contribution in [2.75, 3.05) is 11.5 Å². The number of nitrogens with zero attached hydrogens (tertiary/aromatic N) is 2. The Balaban J connectivity index is 1.23. The number of allylic oxidation sites excluding steroid dienone is 1. The fourth-order valence-corrected chi connectivity index (χ4v) is 9.52. The molecule has 2 aliphatic rings. The Morgan fingerprint density at radius 1 is 0.961 bits per heavy atom. The van der Waals surface area contributed by atoms with E-state index in [-0.39, 0.29) is 30.7 Å². The highest BCUT2D eigenvalue weighted by molar-refractivity contribution is 8.14. The average molecular weight is 739 g/mol. The molecule has 0 aliphatic carbocycles. The third-order valence-corrected chi connectivity index (χ3v) is 12.6. The van der Waals surface area contributed by atoms with Crippen molar-refractivity contribution >= 4 is 57.7 Å². The molecule has 51 heavy (non-hydrogen) atoms. The van der Waals surface area contributed by atoms with E-state index < -0.39 is 28.4 Å². The van der Waals surface area contributed by atoms with E-state index in [4.69, 9.17) is 9.73 Å². The van der Waals surface area contributed by atoms with Crippen molar-refractivity contribution in [3.05, 3.63) is 136 Å². The molecule has 2 N–H and O–H groups in total. The van der Waals surface area contributed by atoms with Crippen molar-refractivity contribution in [3.8, 4) is 0 Å². The SMILES string of the molecule is CC(C)[C@@H]1NC(=O)[C@]2(C)CSC(=N2)c2csc(n2)CNC(=O)C[C@@H](/C=C/CCSC(c2ccccc2)(c2ccccc2)c2ccccc2)OC1=O. The summed E-state index contributed by atoms with van der Waals surface area (Å²) in [6.07, 6.45) is 3.55. The molecular formula is C40H42N4O4S3. The number of hydrogen-bond acceptors (Lipinski definition) is 9. The Morgan fingerprint density at radius 2 is 1.57 bits per heavy atom. The first-order valence-corrected chi connectivity index (χ1v) is 20.0. The minimum Gasteiger partial charge on any atom is -0.456 e. The number of thioether (sulfide) groups is 2. The van der Waals surface area contributed by atoms with Crippen LogP contribution in [-0.2, 0) is 30.4 Å². The first kappa shape index (κ1) is 36.6. The van der Waals surface area contributed by atoms with E-state index in [0.29, 0.717) is 22.9 Å². The number of hydrogen-bond donors (Lipinski definition) is 2. The first-order valence-electron chi connectivity index (χ1n) is 17.1. The highest BCUT2D eigenvalue weighted by Crippen LogP contribution is 2.48. The zero-order valence-electron chi connectivity index (χ0n) is 28.9. The zero-order chi connectivity index (χ0) is 35.8. The summed E-state index contributed by atoms with van der Waals surface area (Å²) in [5, 5.41) is 9.14. The van der Waals surface area contributed by atoms with Crippen LogP contribution in [0.2, 0.25) is 0 Å². The molecule has 2 amide bonds. The van der Waals surface area contributed by atoms with Crippen molar-refractivity contribution in [1.82, 2.24) is 15.6 Å². The fraction of sp³-hybridized carbons (Fsp3) is 0.325. The monoisotopic (exact) mass is 738 g/mol. The van der Waals surface area contributed by atoms with Crippen LogP contribution in [0, 0.1) is 5.92 Å². The molecule has 0 unspecified atom stereocenters. The van der Waals surface area contributed by atoms with Crippen molar-refractivity contribution in [1.29, 1.82) is 0 Å². The van der Waals surface area contributed by atoms with Crippen molar-refractivity contribution in [3.63, 3.8) is 0 Å². The molecule has 0 fully saturated rings. The summed E-state index contributed by atoms with van der Waals surface area (Å²) < 4.78 is 5.52. The number of cyclic esters (lactones) is 1. The second kappa shape index (κ2) is 16.4. The molecule has 264 valence electrons. The summed E-state index contributed by atoms with van der Waals surface area (Å²) in [5.74, 6) is -0.264. The Morgan fingerprint density at radius 3 is 2.16 bits per heavy atom. The van der Waals surface area contributed by atoms with Crippen LogP contribution < -0.4 is 10.6 Å². The number of fused-ring (bicyclic) bond motifs is 4. The third-order valence-electron chi connectivity index (χ3n) is 8.89. The minimum absolute atomic E-state index is 0.0609. The molecule has 0 saturated heterocycles. The first-order chi connectivity index (χ1) is 24.7. The number of aromatic nitrogens is 1. The Kier molecular flexibility index (Phi) is 11.8. The van der Waals surface area contributed by atoms with Gasteiger partial charge in [0, 0.05) is 11.1 Å². The molecule has 2 aliphatic heterocycles. The predicted molar refractivity (Wildman–Crippen MR) is 208 cm³/mol. The van der Waals surface area contributed by atoms with Gasteiger partial charge < -0.3 is 15.4 Å². The predicted octanol–water partition coefficient (Wildman–Crippen LogP) is 7.14. The van der Waals surface area contributed by atoms with Gasteiger partial charge in [-0.15, -0.1) is 34.9 Å². The lowest BCUT2D eigenvalue weighted by Gasteiger charge is -2.35. The summed E-state index contributed by atoms with van der Waals surface area (Å²) in [7, 11) is 0. The molecule has 11 heteroatoms. The van der Waals surface area contributed by atoms with Gasteiger partial charge in [0.15, 0.2) is 0 Å². The molecule has 3 aromatic carbocycles. The molecule has 3 heterocycles. The molecule has 4 aromatic rings. The Bertz CT molecular complexity index is 1780. The largest absolute Gasteiger partial charge is 0.456 e. The number of esters is 1. The number of carbonyl (C=O) groups excluding carboxylic acids is 3. The number of benzene rings is 3. The molecule has 0 radical (unpaired) electrons. The Hall–Kier alpha value is -4.19. The second-order valence-electron chi connectivity index (χ2n) is 13.1. The number of thiazole rings is 1. The zero-order valence-corrected chi connectivity index (χ0v) is 31.4. The van der Waals surface area contributed by atoms with Crippen molar-refractivity contribution in [2.24, 2.45) is 10.9 Å². The summed E-state index contributed by atoms with van der Waals surface area (Å²) in [5.41, 5.74) is 3.18. The lowest BCUT2D eigenvalue weighted by molar-refractivity contribution is -0.153. The summed E-state index contributed by atoms with van der Waals surface area (Å²) in [4.78, 5) is 49.7. The van der Waals surface area contributed by atoms with Gasteiger partial charge in [-0.1, -0.05) is 111 Å². The summed E-state index contributed by atoms with van der Waals surface area (Å²) >= 11 is 4.73. The maximum atomic E-state index is 13.6. The van der Waals surface area contributed by atoms with Gasteiger partial charge in [0.2, 0.25) is 11.8 Å². The van der Waals surface area contributed by atoms with Gasteiger partial charge in [0.25, 0.3) is 0 Å². The van der Waals surface area contributed by atoms with E-state index in [1.807, 2.05) is 55.3 Å². The van der Waals surface area contributed by atoms with Crippen LogP contribution in [0.25, 0.3) is 0 Å². The van der Waals surface area contributed by atoms with Gasteiger partial charge in [-0.3, -0.25) is 14.6 Å². The maximum absolute atomic E-state index is 13.6. The lowest BCUT2D eigenvalue weighted by atomic mass is 9.84. The summed E-state index contributed by atoms with van der Waals surface area (Å²) in [6.45, 7) is 5.73. The molecule has 6 rings (SSSR count). The van der Waals surface area contributed by atoms with Crippen LogP contribution in [0.1, 0.15) is 61.0 Å². The number of carbonyl (C=O) groups is 3. The van der Waals surface area contributed by atoms with Crippen LogP contribution in [0.5, 0.6) is 0 Å². The normalized spacial score (nSPS) is 21.6. The highest BCUT2D eigenvalue weighted by atomic mass is 32.2. The van der Waals surface area contributed by atoms with Gasteiger partial charge in [-0.25, -0.2) is 9.78 Å². The van der Waals surface area contributed by atoms with E-state index in [2.05, 4.69) is 88.4 Å². The van der Waals surface area contributed by atoms with Crippen LogP contribution in [0.3, 0.4) is 0 Å². The van der Waals surface area contributed by atoms with Crippen LogP contribution in [0.4, 0.5) is 0 Å². The quantitative estimate of drug-likeness (QED) is 0.0814. The topological polar surface area (TPSA) is 110 Å². The van der Waals surface area contributed by atoms with E-state index >= 15 is 0 Å². The van der Waals surface area contributed by atoms with Crippen molar-refractivity contribution < 1.29 is 19.1 Å². The molecule has 1 aromatic heterocycles. The van der Waals surface area contributed by atoms with Crippen LogP contribution in [-0.4, -0.2) is 57.0 Å². The molecule has 3 atom stereocenters. The van der Waals surface area contributed by atoms with E-state index in [0.717, 1.165) is 10.8 Å². The van der Waals surface area contributed by atoms with Gasteiger partial charge in [-0.05, 0) is 47.8 Å². The smallest absolute Gasteiger partial charge is 0.329 e. The highest BCUT2D eigenvalue weighted by Gasteiger charge is 2.42. The molecule has 0 spiro atoms. The number of amides is 2. The Labute approximate surface area is 312 Å². The van der Waals surface area contributed by atoms with Gasteiger partial charge in [0.05, 0.1) is 17.7 Å². The molecule has 4 bridgehead atoms. The van der Waals surface area contributed by atoms with Crippen LogP contribution in [0.15, 0.2) is 114 Å². The second-order valence-corrected chi connectivity index (χ2v) is 16.3. The van der Waals surface area contributed by atoms with E-state index in [1.54, 1.807) is 13.0 Å². The number of nitrogens with one attached hydrogen (secondary N) is 2. The minimum atomic E-state index is -1.05. The molecular weight excluding hydrogens is 697 g/mol. The van der Waals surface area contributed by atoms with Crippen LogP contribution >= 0.6 is 34.9 Å². The van der Waals surface area contributed by atoms with E-state index in [1.165, 1.54) is 39.8 Å². The van der Waals surface area contributed by atoms with Gasteiger partial charge in [-0.2, -0.15) is 0 Å². The lowest BCUT2D eigenvalue weighted by Crippen LogP contribution is -2.53. The van der Waals surface area contributed by atoms with Gasteiger partial charge in [0.1, 0.15) is 33.4 Å². The van der Waals surface area contributed by atoms with Crippen molar-refractivity contribution in [2.45, 2.75) is 62.6 Å². The third kappa shape index (κ3) is 8.48. The summed E-state index contributed by atoms with van der Waals surface area (Å²) in [6, 6.07) is 30.7. The average Bonchev–Trinajstić information content (AvgIpc) is 3.79. The number of rotatable bonds is 9. The number of aliphatic imine (C=N–C) groups is 1. The molecule has 8 nitrogen and oxygen atoms in total. The molecule has 0 saturated carbocycles. The number of ether oxygens (including phenoxy) is 1. The fourth-order valence-electron chi connectivity index (χ4n) is 6.13. The van der Waals surface area contributed by atoms with Gasteiger partial charge >= 0.3 is 5.97 Å². The van der Waals surface area contributed by atoms with E-state index in [9.17, 15) is 14.4 Å². The maximum Gasteiger partial charge on any atom is 0.329 e.